The molecule has 0 saturated carbocycles. The lowest BCUT2D eigenvalue weighted by Gasteiger charge is -2.39. The van der Waals surface area contributed by atoms with Crippen LogP contribution < -0.4 is 15.4 Å². The highest BCUT2D eigenvalue weighted by Gasteiger charge is 2.43. The summed E-state index contributed by atoms with van der Waals surface area (Å²) in [7, 11) is 1.60. The Balaban J connectivity index is 1.53. The number of methoxy groups -OCH3 is 1. The van der Waals surface area contributed by atoms with Crippen molar-refractivity contribution in [3.8, 4) is 5.75 Å². The van der Waals surface area contributed by atoms with Crippen LogP contribution in [0, 0.1) is 6.92 Å². The Morgan fingerprint density at radius 2 is 2.04 bits per heavy atom. The molecule has 2 heterocycles. The summed E-state index contributed by atoms with van der Waals surface area (Å²) in [5.41, 5.74) is 1.60. The highest BCUT2D eigenvalue weighted by molar-refractivity contribution is 5.91. The summed E-state index contributed by atoms with van der Waals surface area (Å²) < 4.78 is 11.6. The molecule has 0 aromatic heterocycles. The average molecular weight is 375 g/mol. The van der Waals surface area contributed by atoms with Gasteiger partial charge in [0.15, 0.2) is 0 Å². The second-order valence-corrected chi connectivity index (χ2v) is 7.52. The number of urea groups is 1. The average Bonchev–Trinajstić information content (AvgIpc) is 3.03. The van der Waals surface area contributed by atoms with E-state index in [1.165, 1.54) is 6.92 Å². The van der Waals surface area contributed by atoms with Crippen LogP contribution in [0.15, 0.2) is 18.2 Å². The molecule has 0 aliphatic carbocycles. The molecule has 2 aliphatic rings. The Morgan fingerprint density at radius 1 is 1.30 bits per heavy atom. The molecular formula is C20H29N3O4. The predicted octanol–water partition coefficient (Wildman–Crippen LogP) is 2.69. The van der Waals surface area contributed by atoms with E-state index in [2.05, 4.69) is 10.6 Å². The molecule has 7 nitrogen and oxygen atoms in total. The van der Waals surface area contributed by atoms with Gasteiger partial charge in [-0.3, -0.25) is 4.79 Å². The first kappa shape index (κ1) is 19.5. The first-order valence-corrected chi connectivity index (χ1v) is 9.54. The van der Waals surface area contributed by atoms with Crippen molar-refractivity contribution < 1.29 is 19.1 Å². The molecule has 0 unspecified atom stereocenters. The number of ether oxygens (including phenoxy) is 2. The third kappa shape index (κ3) is 4.71. The molecule has 27 heavy (non-hydrogen) atoms. The molecule has 1 atom stereocenters. The number of hydrogen-bond donors (Lipinski definition) is 2. The largest absolute Gasteiger partial charge is 0.495 e. The molecule has 3 rings (SSSR count). The van der Waals surface area contributed by atoms with Gasteiger partial charge < -0.3 is 25.0 Å². The number of aryl methyl sites for hydroxylation is 1. The van der Waals surface area contributed by atoms with Gasteiger partial charge in [-0.2, -0.15) is 0 Å². The van der Waals surface area contributed by atoms with Gasteiger partial charge >= 0.3 is 6.03 Å². The third-order valence-electron chi connectivity index (χ3n) is 5.48. The summed E-state index contributed by atoms with van der Waals surface area (Å²) in [5, 5.41) is 5.79. The molecule has 148 valence electrons. The van der Waals surface area contributed by atoms with E-state index in [-0.39, 0.29) is 23.6 Å². The minimum Gasteiger partial charge on any atom is -0.495 e. The Labute approximate surface area is 160 Å². The Morgan fingerprint density at radius 3 is 2.70 bits per heavy atom. The number of rotatable bonds is 4. The lowest BCUT2D eigenvalue weighted by molar-refractivity contribution is -0.120. The maximum absolute atomic E-state index is 12.7. The fourth-order valence-electron chi connectivity index (χ4n) is 3.90. The van der Waals surface area contributed by atoms with Crippen molar-refractivity contribution in [1.29, 1.82) is 0 Å². The molecule has 2 fully saturated rings. The zero-order valence-corrected chi connectivity index (χ0v) is 16.3. The smallest absolute Gasteiger partial charge is 0.321 e. The Hall–Kier alpha value is -2.28. The summed E-state index contributed by atoms with van der Waals surface area (Å²) >= 11 is 0. The molecule has 7 heteroatoms. The van der Waals surface area contributed by atoms with E-state index < -0.39 is 0 Å². The molecule has 3 amide bonds. The number of nitrogens with zero attached hydrogens (tertiary/aromatic N) is 1. The van der Waals surface area contributed by atoms with E-state index in [1.807, 2.05) is 30.0 Å². The third-order valence-corrected chi connectivity index (χ3v) is 5.48. The number of carbonyl (C=O) groups excluding carboxylic acids is 2. The topological polar surface area (TPSA) is 79.9 Å². The van der Waals surface area contributed by atoms with Gasteiger partial charge in [-0.25, -0.2) is 4.79 Å². The van der Waals surface area contributed by atoms with Gasteiger partial charge in [0, 0.05) is 26.6 Å². The summed E-state index contributed by atoms with van der Waals surface area (Å²) in [6.45, 7) is 5.38. The standard InChI is InChI=1S/C20H29N3O4/c1-14-4-5-18(26-3)17(12-14)22-19(25)23-10-8-20(9-11-23)7-6-16(27-20)13-21-15(2)24/h4-5,12,16H,6-11,13H2,1-3H3,(H,21,24)(H,22,25)/t16-/m0/s1. The maximum atomic E-state index is 12.7. The molecule has 2 aliphatic heterocycles. The van der Waals surface area contributed by atoms with Crippen LogP contribution in [0.1, 0.15) is 38.2 Å². The predicted molar refractivity (Wildman–Crippen MR) is 103 cm³/mol. The lowest BCUT2D eigenvalue weighted by Crippen LogP contribution is -2.48. The van der Waals surface area contributed by atoms with Crippen molar-refractivity contribution >= 4 is 17.6 Å². The molecular weight excluding hydrogens is 346 g/mol. The minimum atomic E-state index is -0.152. The van der Waals surface area contributed by atoms with Crippen molar-refractivity contribution in [2.24, 2.45) is 0 Å². The molecule has 0 radical (unpaired) electrons. The van der Waals surface area contributed by atoms with Crippen LogP contribution in [-0.2, 0) is 9.53 Å². The highest BCUT2D eigenvalue weighted by Crippen LogP contribution is 2.39. The van der Waals surface area contributed by atoms with Crippen LogP contribution in [0.25, 0.3) is 0 Å². The fourth-order valence-corrected chi connectivity index (χ4v) is 3.90. The van der Waals surface area contributed by atoms with Crippen LogP contribution in [0.2, 0.25) is 0 Å². The van der Waals surface area contributed by atoms with Gasteiger partial charge in [-0.1, -0.05) is 6.07 Å². The zero-order valence-electron chi connectivity index (χ0n) is 16.3. The number of hydrogen-bond acceptors (Lipinski definition) is 4. The van der Waals surface area contributed by atoms with Crippen LogP contribution in [0.4, 0.5) is 10.5 Å². The molecule has 1 aromatic rings. The quantitative estimate of drug-likeness (QED) is 0.848. The second kappa shape index (κ2) is 8.17. The monoisotopic (exact) mass is 375 g/mol. The van der Waals surface area contributed by atoms with Gasteiger partial charge in [0.2, 0.25) is 5.91 Å². The van der Waals surface area contributed by atoms with Crippen molar-refractivity contribution in [2.45, 2.75) is 51.2 Å². The van der Waals surface area contributed by atoms with Crippen LogP contribution in [0.5, 0.6) is 5.75 Å². The van der Waals surface area contributed by atoms with E-state index in [4.69, 9.17) is 9.47 Å². The number of amides is 3. The first-order chi connectivity index (χ1) is 12.9. The summed E-state index contributed by atoms with van der Waals surface area (Å²) in [5.74, 6) is 0.625. The lowest BCUT2D eigenvalue weighted by atomic mass is 9.88. The highest BCUT2D eigenvalue weighted by atomic mass is 16.5. The number of carbonyl (C=O) groups is 2. The number of piperidine rings is 1. The summed E-state index contributed by atoms with van der Waals surface area (Å²) in [6, 6.07) is 5.61. The normalized spacial score (nSPS) is 21.1. The Kier molecular flexibility index (Phi) is 5.89. The van der Waals surface area contributed by atoms with Gasteiger partial charge in [0.25, 0.3) is 0 Å². The van der Waals surface area contributed by atoms with E-state index in [0.29, 0.717) is 31.1 Å². The fraction of sp³-hybridized carbons (Fsp3) is 0.600. The second-order valence-electron chi connectivity index (χ2n) is 7.52. The van der Waals surface area contributed by atoms with Gasteiger partial charge in [0.05, 0.1) is 24.5 Å². The van der Waals surface area contributed by atoms with Crippen molar-refractivity contribution in [3.05, 3.63) is 23.8 Å². The number of anilines is 1. The molecule has 1 aromatic carbocycles. The van der Waals surface area contributed by atoms with E-state index in [1.54, 1.807) is 7.11 Å². The zero-order chi connectivity index (χ0) is 19.4. The summed E-state index contributed by atoms with van der Waals surface area (Å²) in [6.07, 6.45) is 3.65. The Bertz CT molecular complexity index is 698. The summed E-state index contributed by atoms with van der Waals surface area (Å²) in [4.78, 5) is 25.6. The maximum Gasteiger partial charge on any atom is 0.321 e. The van der Waals surface area contributed by atoms with Crippen LogP contribution in [-0.4, -0.2) is 55.3 Å². The van der Waals surface area contributed by atoms with Crippen molar-refractivity contribution in [3.63, 3.8) is 0 Å². The molecule has 2 saturated heterocycles. The van der Waals surface area contributed by atoms with Gasteiger partial charge in [0.1, 0.15) is 5.75 Å². The van der Waals surface area contributed by atoms with Crippen LogP contribution >= 0.6 is 0 Å². The first-order valence-electron chi connectivity index (χ1n) is 9.54. The van der Waals surface area contributed by atoms with Crippen molar-refractivity contribution in [1.82, 2.24) is 10.2 Å². The minimum absolute atomic E-state index is 0.0300. The van der Waals surface area contributed by atoms with Crippen molar-refractivity contribution in [2.75, 3.05) is 32.1 Å². The number of likely N-dealkylation sites (tertiary alicyclic amines) is 1. The van der Waals surface area contributed by atoms with Gasteiger partial charge in [-0.05, 0) is 50.3 Å². The number of nitrogens with one attached hydrogen (secondary N) is 2. The van der Waals surface area contributed by atoms with E-state index in [9.17, 15) is 9.59 Å². The van der Waals surface area contributed by atoms with Gasteiger partial charge in [-0.15, -0.1) is 0 Å². The van der Waals surface area contributed by atoms with E-state index >= 15 is 0 Å². The number of benzene rings is 1. The molecule has 2 N–H and O–H groups in total. The SMILES string of the molecule is COc1ccc(C)cc1NC(=O)N1CCC2(CC[C@@H](CNC(C)=O)O2)CC1. The molecule has 0 bridgehead atoms. The van der Waals surface area contributed by atoms with E-state index in [0.717, 1.165) is 31.2 Å². The molecule has 1 spiro atoms. The van der Waals surface area contributed by atoms with Crippen LogP contribution in [0.3, 0.4) is 0 Å².